The summed E-state index contributed by atoms with van der Waals surface area (Å²) in [5.74, 6) is -18.9. The molecule has 1 unspecified atom stereocenters. The van der Waals surface area contributed by atoms with E-state index in [0.29, 0.717) is 0 Å². The largest absolute Gasteiger partial charge is 0.478 e. The molecule has 11 heteroatoms. The molecule has 0 spiro atoms. The molecule has 3 nitrogen and oxygen atoms in total. The Bertz CT molecular complexity index is 1030. The van der Waals surface area contributed by atoms with E-state index in [9.17, 15) is 39.9 Å². The van der Waals surface area contributed by atoms with Crippen LogP contribution in [0.1, 0.15) is 16.7 Å². The Kier molecular flexibility index (Phi) is 4.80. The molecule has 0 saturated heterocycles. The van der Waals surface area contributed by atoms with Crippen molar-refractivity contribution in [2.24, 2.45) is 0 Å². The molecule has 0 saturated carbocycles. The molecule has 2 aromatic carbocycles. The number of rotatable bonds is 3. The van der Waals surface area contributed by atoms with E-state index >= 15 is 0 Å². The second kappa shape index (κ2) is 6.75. The van der Waals surface area contributed by atoms with Crippen molar-refractivity contribution in [1.29, 1.82) is 0 Å². The van der Waals surface area contributed by atoms with Gasteiger partial charge in [0.2, 0.25) is 0 Å². The summed E-state index contributed by atoms with van der Waals surface area (Å²) in [5.41, 5.74) is -5.33. The van der Waals surface area contributed by atoms with E-state index in [4.69, 9.17) is 5.11 Å². The molecular formula is C18H8F8O3. The summed E-state index contributed by atoms with van der Waals surface area (Å²) in [7, 11) is 0. The maximum atomic E-state index is 14.6. The first-order valence-electron chi connectivity index (χ1n) is 7.72. The number of halogens is 8. The van der Waals surface area contributed by atoms with Crippen LogP contribution in [0.4, 0.5) is 35.1 Å². The Morgan fingerprint density at radius 1 is 1.00 bits per heavy atom. The van der Waals surface area contributed by atoms with E-state index in [1.807, 2.05) is 0 Å². The predicted octanol–water partition coefficient (Wildman–Crippen LogP) is 5.08. The molecule has 0 bridgehead atoms. The number of hydrogen-bond acceptors (Lipinski definition) is 2. The second-order valence-corrected chi connectivity index (χ2v) is 5.98. The predicted molar refractivity (Wildman–Crippen MR) is 81.7 cm³/mol. The SMILES string of the molecule is O=C(O)C1=C(F)c2c(F)c(F)c(F)c(Cc3ccccc3)c2OC1(F)C(F)(F)F. The van der Waals surface area contributed by atoms with E-state index in [2.05, 4.69) is 4.74 Å². The summed E-state index contributed by atoms with van der Waals surface area (Å²) in [4.78, 5) is 11.1. The molecule has 1 aliphatic rings. The summed E-state index contributed by atoms with van der Waals surface area (Å²) in [6, 6.07) is 7.04. The van der Waals surface area contributed by atoms with Gasteiger partial charge in [-0.05, 0) is 5.56 Å². The average molecular weight is 424 g/mol. The van der Waals surface area contributed by atoms with Crippen molar-refractivity contribution in [2.75, 3.05) is 0 Å². The van der Waals surface area contributed by atoms with Gasteiger partial charge in [-0.3, -0.25) is 0 Å². The van der Waals surface area contributed by atoms with Crippen LogP contribution < -0.4 is 4.74 Å². The third-order valence-electron chi connectivity index (χ3n) is 4.18. The molecular weight excluding hydrogens is 416 g/mol. The van der Waals surface area contributed by atoms with E-state index in [1.54, 1.807) is 0 Å². The van der Waals surface area contributed by atoms with Crippen molar-refractivity contribution in [3.8, 4) is 5.75 Å². The Morgan fingerprint density at radius 2 is 1.59 bits per heavy atom. The standard InChI is InChI=1S/C18H8F8O3/c19-11-8(6-7-4-2-1-3-5-7)15-9(13(21)14(11)22)12(20)10(16(27)28)17(23,29-15)18(24,25)26/h1-5H,6H2,(H,27,28). The first-order valence-corrected chi connectivity index (χ1v) is 7.72. The first-order chi connectivity index (χ1) is 13.4. The van der Waals surface area contributed by atoms with Gasteiger partial charge < -0.3 is 9.84 Å². The van der Waals surface area contributed by atoms with Crippen LogP contribution in [0.3, 0.4) is 0 Å². The maximum Gasteiger partial charge on any atom is 0.465 e. The summed E-state index contributed by atoms with van der Waals surface area (Å²) < 4.78 is 115. The molecule has 0 amide bonds. The molecule has 1 aliphatic heterocycles. The fourth-order valence-corrected chi connectivity index (χ4v) is 2.84. The molecule has 29 heavy (non-hydrogen) atoms. The molecule has 0 aliphatic carbocycles. The lowest BCUT2D eigenvalue weighted by Crippen LogP contribution is -2.52. The van der Waals surface area contributed by atoms with Crippen LogP contribution in [0.2, 0.25) is 0 Å². The highest BCUT2D eigenvalue weighted by atomic mass is 19.4. The normalized spacial score (nSPS) is 19.0. The van der Waals surface area contributed by atoms with E-state index in [0.717, 1.165) is 0 Å². The second-order valence-electron chi connectivity index (χ2n) is 5.98. The van der Waals surface area contributed by atoms with Gasteiger partial charge in [-0.1, -0.05) is 30.3 Å². The summed E-state index contributed by atoms with van der Waals surface area (Å²) >= 11 is 0. The molecule has 0 fully saturated rings. The van der Waals surface area contributed by atoms with Gasteiger partial charge in [-0.25, -0.2) is 22.4 Å². The van der Waals surface area contributed by atoms with Crippen molar-refractivity contribution in [2.45, 2.75) is 18.5 Å². The third-order valence-corrected chi connectivity index (χ3v) is 4.18. The van der Waals surface area contributed by atoms with Gasteiger partial charge >= 0.3 is 18.0 Å². The van der Waals surface area contributed by atoms with Crippen LogP contribution in [0, 0.1) is 17.5 Å². The molecule has 2 aromatic rings. The van der Waals surface area contributed by atoms with Gasteiger partial charge in [-0.15, -0.1) is 0 Å². The number of ether oxygens (including phenoxy) is 1. The highest BCUT2D eigenvalue weighted by Crippen LogP contribution is 2.52. The van der Waals surface area contributed by atoms with E-state index < -0.39 is 70.1 Å². The number of hydrogen-bond donors (Lipinski definition) is 1. The average Bonchev–Trinajstić information content (AvgIpc) is 2.62. The maximum absolute atomic E-state index is 14.6. The Labute approximate surface area is 156 Å². The van der Waals surface area contributed by atoms with E-state index in [-0.39, 0.29) is 5.56 Å². The number of fused-ring (bicyclic) bond motifs is 1. The fourth-order valence-electron chi connectivity index (χ4n) is 2.84. The van der Waals surface area contributed by atoms with Crippen LogP contribution >= 0.6 is 0 Å². The number of carboxylic acids is 1. The number of alkyl halides is 4. The van der Waals surface area contributed by atoms with Crippen molar-refractivity contribution in [1.82, 2.24) is 0 Å². The lowest BCUT2D eigenvalue weighted by Gasteiger charge is -2.34. The number of aliphatic carboxylic acids is 1. The van der Waals surface area contributed by atoms with Crippen molar-refractivity contribution in [3.63, 3.8) is 0 Å². The fraction of sp³-hybridized carbons (Fsp3) is 0.167. The van der Waals surface area contributed by atoms with Gasteiger partial charge in [-0.2, -0.15) is 17.6 Å². The summed E-state index contributed by atoms with van der Waals surface area (Å²) in [5, 5.41) is 8.84. The lowest BCUT2D eigenvalue weighted by atomic mass is 9.93. The van der Waals surface area contributed by atoms with Gasteiger partial charge in [0.15, 0.2) is 28.9 Å². The van der Waals surface area contributed by atoms with Gasteiger partial charge in [0.25, 0.3) is 0 Å². The Hall–Kier alpha value is -3.11. The molecule has 154 valence electrons. The quantitative estimate of drug-likeness (QED) is 0.552. The van der Waals surface area contributed by atoms with Crippen LogP contribution in [0.15, 0.2) is 35.9 Å². The number of carboxylic acid groups (broad SMARTS) is 1. The Morgan fingerprint density at radius 3 is 2.10 bits per heavy atom. The van der Waals surface area contributed by atoms with Crippen LogP contribution in [0.5, 0.6) is 5.75 Å². The van der Waals surface area contributed by atoms with Gasteiger partial charge in [0, 0.05) is 12.0 Å². The minimum atomic E-state index is -6.14. The number of carbonyl (C=O) groups is 1. The minimum Gasteiger partial charge on any atom is -0.478 e. The van der Waals surface area contributed by atoms with Crippen LogP contribution in [0.25, 0.3) is 5.83 Å². The van der Waals surface area contributed by atoms with Crippen LogP contribution in [-0.4, -0.2) is 23.1 Å². The van der Waals surface area contributed by atoms with Crippen molar-refractivity contribution >= 4 is 11.8 Å². The molecule has 3 rings (SSSR count). The zero-order valence-corrected chi connectivity index (χ0v) is 13.9. The molecule has 0 aromatic heterocycles. The van der Waals surface area contributed by atoms with Crippen molar-refractivity contribution in [3.05, 3.63) is 70.0 Å². The number of benzene rings is 2. The third kappa shape index (κ3) is 3.10. The smallest absolute Gasteiger partial charge is 0.465 e. The highest BCUT2D eigenvalue weighted by molar-refractivity contribution is 5.98. The van der Waals surface area contributed by atoms with Gasteiger partial charge in [0.1, 0.15) is 5.75 Å². The monoisotopic (exact) mass is 424 g/mol. The highest BCUT2D eigenvalue weighted by Gasteiger charge is 2.67. The zero-order valence-electron chi connectivity index (χ0n) is 13.9. The Balaban J connectivity index is 2.37. The molecule has 1 N–H and O–H groups in total. The lowest BCUT2D eigenvalue weighted by molar-refractivity contribution is -0.285. The van der Waals surface area contributed by atoms with Gasteiger partial charge in [0.05, 0.1) is 5.56 Å². The summed E-state index contributed by atoms with van der Waals surface area (Å²) in [6.45, 7) is 0. The molecule has 0 radical (unpaired) electrons. The van der Waals surface area contributed by atoms with Crippen LogP contribution in [-0.2, 0) is 11.2 Å². The topological polar surface area (TPSA) is 46.5 Å². The minimum absolute atomic E-state index is 0.160. The molecule has 1 heterocycles. The first kappa shape index (κ1) is 20.6. The molecule has 1 atom stereocenters. The van der Waals surface area contributed by atoms with Crippen molar-refractivity contribution < 1.29 is 49.8 Å². The zero-order chi connectivity index (χ0) is 21.7. The summed E-state index contributed by atoms with van der Waals surface area (Å²) in [6.07, 6.45) is -6.86. The van der Waals surface area contributed by atoms with E-state index in [1.165, 1.54) is 30.3 Å².